The monoisotopic (exact) mass is 426 g/mol. The maximum atomic E-state index is 12.5. The highest BCUT2D eigenvalue weighted by atomic mass is 32.2. The normalized spacial score (nSPS) is 15.1. The van der Waals surface area contributed by atoms with Gasteiger partial charge < -0.3 is 16.0 Å². The molecular weight excluding hydrogens is 396 g/mol. The van der Waals surface area contributed by atoms with Crippen LogP contribution in [0.2, 0.25) is 0 Å². The van der Waals surface area contributed by atoms with E-state index in [9.17, 15) is 9.59 Å². The predicted octanol–water partition coefficient (Wildman–Crippen LogP) is 2.20. The van der Waals surface area contributed by atoms with Gasteiger partial charge >= 0.3 is 0 Å². The molecule has 0 aliphatic carbocycles. The highest BCUT2D eigenvalue weighted by Crippen LogP contribution is 2.22. The van der Waals surface area contributed by atoms with Crippen LogP contribution in [-0.4, -0.2) is 66.6 Å². The number of nitrogens with zero attached hydrogens (tertiary/aromatic N) is 2. The molecule has 0 saturated carbocycles. The minimum atomic E-state index is -0.390. The van der Waals surface area contributed by atoms with Gasteiger partial charge in [-0.15, -0.1) is 11.8 Å². The second kappa shape index (κ2) is 11.7. The van der Waals surface area contributed by atoms with E-state index in [1.54, 1.807) is 6.07 Å². The maximum Gasteiger partial charge on any atom is 0.252 e. The van der Waals surface area contributed by atoms with Crippen LogP contribution in [0.25, 0.3) is 0 Å². The molecule has 2 aromatic rings. The molecule has 0 aromatic heterocycles. The fourth-order valence-corrected chi connectivity index (χ4v) is 4.33. The molecular formula is C23H30N4O2S. The van der Waals surface area contributed by atoms with Crippen LogP contribution < -0.4 is 11.1 Å². The first kappa shape index (κ1) is 22.3. The Hall–Kier alpha value is -2.35. The number of hydrogen-bond acceptors (Lipinski definition) is 5. The third-order valence-electron chi connectivity index (χ3n) is 5.15. The number of primary amides is 1. The first-order valence-electron chi connectivity index (χ1n) is 10.4. The van der Waals surface area contributed by atoms with Crippen molar-refractivity contribution < 1.29 is 9.59 Å². The Bertz CT molecular complexity index is 823. The van der Waals surface area contributed by atoms with Crippen molar-refractivity contribution in [3.63, 3.8) is 0 Å². The van der Waals surface area contributed by atoms with Crippen molar-refractivity contribution in [1.82, 2.24) is 15.1 Å². The number of carbonyl (C=O) groups excluding carboxylic acids is 2. The van der Waals surface area contributed by atoms with Crippen LogP contribution in [0.5, 0.6) is 0 Å². The maximum absolute atomic E-state index is 12.5. The van der Waals surface area contributed by atoms with Gasteiger partial charge in [-0.2, -0.15) is 0 Å². The summed E-state index contributed by atoms with van der Waals surface area (Å²) in [7, 11) is 0. The van der Waals surface area contributed by atoms with Crippen LogP contribution in [0.1, 0.15) is 22.3 Å². The molecule has 0 bridgehead atoms. The first-order chi connectivity index (χ1) is 14.6. The lowest BCUT2D eigenvalue weighted by Gasteiger charge is -2.34. The van der Waals surface area contributed by atoms with Gasteiger partial charge in [-0.25, -0.2) is 0 Å². The highest BCUT2D eigenvalue weighted by molar-refractivity contribution is 8.00. The van der Waals surface area contributed by atoms with E-state index in [2.05, 4.69) is 45.4 Å². The Labute approximate surface area is 182 Å². The van der Waals surface area contributed by atoms with Crippen molar-refractivity contribution in [2.75, 3.05) is 45.0 Å². The number of benzene rings is 2. The molecule has 3 rings (SSSR count). The highest BCUT2D eigenvalue weighted by Gasteiger charge is 2.17. The zero-order valence-corrected chi connectivity index (χ0v) is 18.1. The second-order valence-corrected chi connectivity index (χ2v) is 8.48. The number of piperazine rings is 1. The number of carbonyl (C=O) groups is 2. The van der Waals surface area contributed by atoms with E-state index in [-0.39, 0.29) is 17.6 Å². The van der Waals surface area contributed by atoms with Gasteiger partial charge in [-0.05, 0) is 30.7 Å². The number of thioether (sulfide) groups is 1. The molecule has 1 aliphatic rings. The summed E-state index contributed by atoms with van der Waals surface area (Å²) in [6.45, 7) is 6.91. The molecule has 1 saturated heterocycles. The molecule has 3 N–H and O–H groups in total. The summed E-state index contributed by atoms with van der Waals surface area (Å²) in [4.78, 5) is 29.3. The standard InChI is InChI=1S/C23H30N4O2S/c24-22(28)18-30-21-10-5-4-9-20(21)23(29)25-11-6-12-26-13-15-27(16-14-26)17-19-7-2-1-3-8-19/h1-5,7-10H,6,11-18H2,(H2,24,28)(H,25,29). The first-order valence-corrected chi connectivity index (χ1v) is 11.4. The lowest BCUT2D eigenvalue weighted by Crippen LogP contribution is -2.46. The SMILES string of the molecule is NC(=O)CSc1ccccc1C(=O)NCCCN1CCN(Cc2ccccc2)CC1. The minimum absolute atomic E-state index is 0.102. The van der Waals surface area contributed by atoms with Gasteiger partial charge in [0.05, 0.1) is 11.3 Å². The number of nitrogens with one attached hydrogen (secondary N) is 1. The van der Waals surface area contributed by atoms with Gasteiger partial charge in [0.15, 0.2) is 0 Å². The fraction of sp³-hybridized carbons (Fsp3) is 0.391. The summed E-state index contributed by atoms with van der Waals surface area (Å²) in [6, 6.07) is 17.9. The van der Waals surface area contributed by atoms with Gasteiger partial charge in [0.2, 0.25) is 5.91 Å². The Morgan fingerprint density at radius 3 is 2.33 bits per heavy atom. The molecule has 1 aliphatic heterocycles. The molecule has 0 atom stereocenters. The molecule has 7 heteroatoms. The third kappa shape index (κ3) is 7.16. The predicted molar refractivity (Wildman–Crippen MR) is 121 cm³/mol. The number of hydrogen-bond donors (Lipinski definition) is 2. The molecule has 160 valence electrons. The lowest BCUT2D eigenvalue weighted by atomic mass is 10.2. The summed E-state index contributed by atoms with van der Waals surface area (Å²) >= 11 is 1.30. The fourth-order valence-electron chi connectivity index (χ4n) is 3.54. The van der Waals surface area contributed by atoms with Gasteiger partial charge in [0.25, 0.3) is 5.91 Å². The molecule has 0 spiro atoms. The van der Waals surface area contributed by atoms with E-state index in [1.165, 1.54) is 17.3 Å². The molecule has 2 aromatic carbocycles. The lowest BCUT2D eigenvalue weighted by molar-refractivity contribution is -0.115. The molecule has 2 amide bonds. The average Bonchev–Trinajstić information content (AvgIpc) is 2.77. The molecule has 30 heavy (non-hydrogen) atoms. The average molecular weight is 427 g/mol. The van der Waals surface area contributed by atoms with Crippen molar-refractivity contribution >= 4 is 23.6 Å². The Morgan fingerprint density at radius 2 is 1.60 bits per heavy atom. The van der Waals surface area contributed by atoms with Gasteiger partial charge in [-0.1, -0.05) is 42.5 Å². The van der Waals surface area contributed by atoms with Crippen molar-refractivity contribution in [2.45, 2.75) is 17.9 Å². The van der Waals surface area contributed by atoms with Crippen LogP contribution in [0.4, 0.5) is 0 Å². The summed E-state index contributed by atoms with van der Waals surface area (Å²) in [6.07, 6.45) is 0.918. The zero-order valence-electron chi connectivity index (χ0n) is 17.3. The molecule has 0 unspecified atom stereocenters. The molecule has 6 nitrogen and oxygen atoms in total. The summed E-state index contributed by atoms with van der Waals surface area (Å²) in [5.74, 6) is -0.324. The van der Waals surface area contributed by atoms with Crippen LogP contribution in [0.3, 0.4) is 0 Å². The van der Waals surface area contributed by atoms with E-state index < -0.39 is 0 Å². The molecule has 1 heterocycles. The number of amides is 2. The number of nitrogens with two attached hydrogens (primary N) is 1. The summed E-state index contributed by atoms with van der Waals surface area (Å²) in [5.41, 5.74) is 7.17. The smallest absolute Gasteiger partial charge is 0.252 e. The summed E-state index contributed by atoms with van der Waals surface area (Å²) < 4.78 is 0. The molecule has 0 radical (unpaired) electrons. The van der Waals surface area contributed by atoms with Crippen molar-refractivity contribution in [1.29, 1.82) is 0 Å². The van der Waals surface area contributed by atoms with Crippen LogP contribution >= 0.6 is 11.8 Å². The van der Waals surface area contributed by atoms with E-state index in [1.807, 2.05) is 18.2 Å². The van der Waals surface area contributed by atoms with Crippen LogP contribution in [-0.2, 0) is 11.3 Å². The topological polar surface area (TPSA) is 78.7 Å². The van der Waals surface area contributed by atoms with Gasteiger partial charge in [0, 0.05) is 44.2 Å². The number of rotatable bonds is 10. The second-order valence-electron chi connectivity index (χ2n) is 7.46. The van der Waals surface area contributed by atoms with Gasteiger partial charge in [0.1, 0.15) is 0 Å². The largest absolute Gasteiger partial charge is 0.369 e. The van der Waals surface area contributed by atoms with E-state index in [0.717, 1.165) is 50.6 Å². The minimum Gasteiger partial charge on any atom is -0.369 e. The van der Waals surface area contributed by atoms with Crippen LogP contribution in [0, 0.1) is 0 Å². The molecule has 1 fully saturated rings. The zero-order chi connectivity index (χ0) is 21.2. The van der Waals surface area contributed by atoms with Crippen LogP contribution in [0.15, 0.2) is 59.5 Å². The van der Waals surface area contributed by atoms with E-state index in [0.29, 0.717) is 12.1 Å². The Kier molecular flexibility index (Phi) is 8.74. The van der Waals surface area contributed by atoms with Gasteiger partial charge in [-0.3, -0.25) is 14.5 Å². The van der Waals surface area contributed by atoms with E-state index >= 15 is 0 Å². The van der Waals surface area contributed by atoms with Crippen molar-refractivity contribution in [2.24, 2.45) is 5.73 Å². The quantitative estimate of drug-likeness (QED) is 0.450. The van der Waals surface area contributed by atoms with E-state index in [4.69, 9.17) is 5.73 Å². The van der Waals surface area contributed by atoms with Crippen molar-refractivity contribution in [3.8, 4) is 0 Å². The Morgan fingerprint density at radius 1 is 0.933 bits per heavy atom. The third-order valence-corrected chi connectivity index (χ3v) is 6.25. The Balaban J connectivity index is 1.35. The van der Waals surface area contributed by atoms with Crippen molar-refractivity contribution in [3.05, 3.63) is 65.7 Å². The summed E-state index contributed by atoms with van der Waals surface area (Å²) in [5, 5.41) is 3.00.